The molecule has 0 fully saturated rings. The highest BCUT2D eigenvalue weighted by molar-refractivity contribution is 6.10. The summed E-state index contributed by atoms with van der Waals surface area (Å²) in [5.41, 5.74) is 1.58. The second-order valence-corrected chi connectivity index (χ2v) is 8.96. The Bertz CT molecular complexity index is 1610. The molecular weight excluding hydrogens is 511 g/mol. The lowest BCUT2D eigenvalue weighted by Crippen LogP contribution is -2.24. The molecule has 1 aliphatic rings. The summed E-state index contributed by atoms with van der Waals surface area (Å²) in [5, 5.41) is 29.9. The number of carbonyl (C=O) groups excluding carboxylic acids is 1. The Labute approximate surface area is 221 Å². The van der Waals surface area contributed by atoms with E-state index in [2.05, 4.69) is 20.5 Å². The predicted molar refractivity (Wildman–Crippen MR) is 136 cm³/mol. The van der Waals surface area contributed by atoms with Gasteiger partial charge in [0.2, 0.25) is 0 Å². The Balaban J connectivity index is 1.64. The number of anilines is 2. The van der Waals surface area contributed by atoms with E-state index in [1.807, 2.05) is 6.07 Å². The first-order valence-electron chi connectivity index (χ1n) is 11.9. The molecule has 0 saturated heterocycles. The van der Waals surface area contributed by atoms with E-state index in [1.54, 1.807) is 41.9 Å². The van der Waals surface area contributed by atoms with Crippen LogP contribution in [0, 0.1) is 11.3 Å². The lowest BCUT2D eigenvalue weighted by Gasteiger charge is -2.19. The van der Waals surface area contributed by atoms with E-state index in [1.165, 1.54) is 23.4 Å². The third-order valence-corrected chi connectivity index (χ3v) is 6.43. The molecule has 1 aliphatic heterocycles. The maximum absolute atomic E-state index is 13.7. The minimum Gasteiger partial charge on any atom is -0.392 e. The Kier molecular flexibility index (Phi) is 6.76. The normalized spacial score (nSPS) is 12.9. The molecule has 0 unspecified atom stereocenters. The van der Waals surface area contributed by atoms with Gasteiger partial charge in [-0.05, 0) is 52.6 Å². The van der Waals surface area contributed by atoms with Crippen LogP contribution in [0.4, 0.5) is 24.8 Å². The van der Waals surface area contributed by atoms with Crippen LogP contribution in [0.15, 0.2) is 54.9 Å². The third-order valence-electron chi connectivity index (χ3n) is 6.43. The van der Waals surface area contributed by atoms with Crippen molar-refractivity contribution in [2.45, 2.75) is 25.7 Å². The molecule has 4 aromatic rings. The van der Waals surface area contributed by atoms with Crippen LogP contribution in [-0.2, 0) is 26.4 Å². The number of carbonyl (C=O) groups is 1. The Hall–Kier alpha value is -4.76. The van der Waals surface area contributed by atoms with E-state index in [9.17, 15) is 23.1 Å². The van der Waals surface area contributed by atoms with Crippen molar-refractivity contribution in [1.82, 2.24) is 19.7 Å². The molecular formula is C27H22F3N7O2. The van der Waals surface area contributed by atoms with Crippen molar-refractivity contribution < 1.29 is 23.1 Å². The fraction of sp³-hybridized carbons (Fsp3) is 0.222. The Morgan fingerprint density at radius 1 is 1.13 bits per heavy atom. The number of hydrogen-bond acceptors (Lipinski definition) is 7. The molecule has 0 bridgehead atoms. The van der Waals surface area contributed by atoms with Crippen LogP contribution < -0.4 is 10.2 Å². The van der Waals surface area contributed by atoms with Gasteiger partial charge in [-0.1, -0.05) is 18.2 Å². The smallest absolute Gasteiger partial charge is 0.392 e. The summed E-state index contributed by atoms with van der Waals surface area (Å²) in [5.74, 6) is 0.425. The predicted octanol–water partition coefficient (Wildman–Crippen LogP) is 4.54. The van der Waals surface area contributed by atoms with Gasteiger partial charge >= 0.3 is 6.18 Å². The first-order valence-corrected chi connectivity index (χ1v) is 11.9. The van der Waals surface area contributed by atoms with Gasteiger partial charge in [0.15, 0.2) is 5.82 Å². The number of nitrogens with zero attached hydrogens (tertiary/aromatic N) is 6. The number of aliphatic hydroxyl groups is 1. The number of pyridine rings is 1. The number of aromatic nitrogens is 4. The van der Waals surface area contributed by atoms with Crippen LogP contribution in [0.2, 0.25) is 0 Å². The molecule has 198 valence electrons. The summed E-state index contributed by atoms with van der Waals surface area (Å²) in [4.78, 5) is 19.0. The number of halogens is 3. The number of nitrogens with one attached hydrogen (secondary N) is 1. The van der Waals surface area contributed by atoms with Crippen molar-refractivity contribution >= 4 is 17.5 Å². The number of alkyl halides is 3. The molecule has 2 aromatic heterocycles. The average Bonchev–Trinajstić information content (AvgIpc) is 3.50. The lowest BCUT2D eigenvalue weighted by atomic mass is 9.97. The number of fused-ring (bicyclic) bond motifs is 1. The van der Waals surface area contributed by atoms with Crippen LogP contribution in [0.1, 0.15) is 33.5 Å². The van der Waals surface area contributed by atoms with Crippen LogP contribution in [-0.4, -0.2) is 37.3 Å². The van der Waals surface area contributed by atoms with E-state index in [4.69, 9.17) is 5.26 Å². The fourth-order valence-electron chi connectivity index (χ4n) is 4.58. The van der Waals surface area contributed by atoms with E-state index in [0.29, 0.717) is 33.9 Å². The van der Waals surface area contributed by atoms with Crippen LogP contribution in [0.3, 0.4) is 0 Å². The number of aliphatic hydroxyl groups excluding tert-OH is 1. The zero-order valence-corrected chi connectivity index (χ0v) is 20.7. The van der Waals surface area contributed by atoms with Crippen LogP contribution in [0.25, 0.3) is 22.5 Å². The van der Waals surface area contributed by atoms with Gasteiger partial charge in [-0.15, -0.1) is 10.2 Å². The molecule has 0 aliphatic carbocycles. The van der Waals surface area contributed by atoms with Crippen LogP contribution >= 0.6 is 0 Å². The SMILES string of the molecule is Cn1cnnc1-c1cc(CO)ccc1-c1cc(NCCC#N)nc(N2Cc3c(cccc3C(F)(F)F)C2=O)c1. The van der Waals surface area contributed by atoms with E-state index in [-0.39, 0.29) is 43.1 Å². The number of amides is 1. The summed E-state index contributed by atoms with van der Waals surface area (Å²) in [6, 6.07) is 14.2. The number of aryl methyl sites for hydroxylation is 1. The molecule has 0 atom stereocenters. The standard InChI is InChI=1S/C27H22F3N7O2/c1-36-15-33-35-25(36)20-10-16(14-38)6-7-18(20)17-11-23(32-9-3-8-31)34-24(12-17)37-13-21-19(26(37)39)4-2-5-22(21)27(28,29)30/h2,4-7,10-12,15,38H,3,9,13-14H2,1H3,(H,32,34). The number of nitriles is 1. The molecule has 39 heavy (non-hydrogen) atoms. The van der Waals surface area contributed by atoms with Crippen molar-refractivity contribution in [2.24, 2.45) is 7.05 Å². The second kappa shape index (κ2) is 10.2. The first kappa shape index (κ1) is 25.9. The van der Waals surface area contributed by atoms with E-state index >= 15 is 0 Å². The first-order chi connectivity index (χ1) is 18.7. The molecule has 3 heterocycles. The Morgan fingerprint density at radius 2 is 1.95 bits per heavy atom. The summed E-state index contributed by atoms with van der Waals surface area (Å²) in [6.45, 7) is -0.217. The van der Waals surface area contributed by atoms with Gasteiger partial charge < -0.3 is 15.0 Å². The highest BCUT2D eigenvalue weighted by atomic mass is 19.4. The van der Waals surface area contributed by atoms with Gasteiger partial charge in [0, 0.05) is 24.7 Å². The minimum absolute atomic E-state index is 0.0249. The third kappa shape index (κ3) is 4.92. The fourth-order valence-corrected chi connectivity index (χ4v) is 4.58. The highest BCUT2D eigenvalue weighted by Gasteiger charge is 2.40. The molecule has 0 radical (unpaired) electrons. The molecule has 5 rings (SSSR count). The molecule has 0 saturated carbocycles. The van der Waals surface area contributed by atoms with E-state index < -0.39 is 17.6 Å². The summed E-state index contributed by atoms with van der Waals surface area (Å²) in [7, 11) is 1.77. The van der Waals surface area contributed by atoms with Crippen molar-refractivity contribution in [2.75, 3.05) is 16.8 Å². The molecule has 12 heteroatoms. The zero-order chi connectivity index (χ0) is 27.7. The summed E-state index contributed by atoms with van der Waals surface area (Å²) < 4.78 is 42.8. The lowest BCUT2D eigenvalue weighted by molar-refractivity contribution is -0.138. The second-order valence-electron chi connectivity index (χ2n) is 8.96. The average molecular weight is 534 g/mol. The van der Waals surface area contributed by atoms with Crippen molar-refractivity contribution in [1.29, 1.82) is 5.26 Å². The summed E-state index contributed by atoms with van der Waals surface area (Å²) >= 11 is 0. The van der Waals surface area contributed by atoms with Crippen molar-refractivity contribution in [3.63, 3.8) is 0 Å². The monoisotopic (exact) mass is 533 g/mol. The topological polar surface area (TPSA) is 120 Å². The van der Waals surface area contributed by atoms with Crippen molar-refractivity contribution in [3.05, 3.63) is 77.1 Å². The molecule has 9 nitrogen and oxygen atoms in total. The van der Waals surface area contributed by atoms with Gasteiger partial charge in [0.25, 0.3) is 5.91 Å². The minimum atomic E-state index is -4.61. The van der Waals surface area contributed by atoms with Gasteiger partial charge in [-0.2, -0.15) is 18.4 Å². The maximum atomic E-state index is 13.7. The number of benzene rings is 2. The molecule has 2 N–H and O–H groups in total. The van der Waals surface area contributed by atoms with Gasteiger partial charge in [0.05, 0.1) is 31.2 Å². The quantitative estimate of drug-likeness (QED) is 0.335. The summed E-state index contributed by atoms with van der Waals surface area (Å²) in [6.07, 6.45) is -2.88. The number of hydrogen-bond donors (Lipinski definition) is 2. The largest absolute Gasteiger partial charge is 0.416 e. The zero-order valence-electron chi connectivity index (χ0n) is 20.7. The van der Waals surface area contributed by atoms with Crippen molar-refractivity contribution in [3.8, 4) is 28.6 Å². The Morgan fingerprint density at radius 3 is 2.64 bits per heavy atom. The van der Waals surface area contributed by atoms with Gasteiger partial charge in [-0.3, -0.25) is 9.69 Å². The van der Waals surface area contributed by atoms with Crippen LogP contribution in [0.5, 0.6) is 0 Å². The maximum Gasteiger partial charge on any atom is 0.416 e. The van der Waals surface area contributed by atoms with Gasteiger partial charge in [-0.25, -0.2) is 4.98 Å². The highest BCUT2D eigenvalue weighted by Crippen LogP contribution is 2.40. The van der Waals surface area contributed by atoms with Gasteiger partial charge in [0.1, 0.15) is 18.0 Å². The number of rotatable bonds is 7. The molecule has 0 spiro atoms. The molecule has 1 amide bonds. The van der Waals surface area contributed by atoms with E-state index in [0.717, 1.165) is 6.07 Å². The molecule has 2 aromatic carbocycles.